The third-order valence-corrected chi connectivity index (χ3v) is 5.14. The molecule has 0 aliphatic carbocycles. The van der Waals surface area contributed by atoms with Crippen molar-refractivity contribution in [1.29, 1.82) is 0 Å². The fraction of sp³-hybridized carbons (Fsp3) is 0.647. The van der Waals surface area contributed by atoms with E-state index in [-0.39, 0.29) is 11.9 Å². The summed E-state index contributed by atoms with van der Waals surface area (Å²) in [7, 11) is 0. The van der Waals surface area contributed by atoms with E-state index >= 15 is 0 Å². The molecule has 2 rings (SSSR count). The lowest BCUT2D eigenvalue weighted by molar-refractivity contribution is 0.195. The fourth-order valence-electron chi connectivity index (χ4n) is 3.45. The molecule has 1 heterocycles. The number of halogens is 1. The lowest BCUT2D eigenvalue weighted by Crippen LogP contribution is -2.34. The molecule has 1 fully saturated rings. The van der Waals surface area contributed by atoms with Crippen LogP contribution in [0.1, 0.15) is 50.3 Å². The van der Waals surface area contributed by atoms with Crippen LogP contribution in [0.3, 0.4) is 0 Å². The zero-order chi connectivity index (χ0) is 14.8. The Morgan fingerprint density at radius 3 is 2.60 bits per heavy atom. The van der Waals surface area contributed by atoms with Crippen molar-refractivity contribution in [3.8, 4) is 0 Å². The molecule has 3 heteroatoms. The minimum atomic E-state index is -0.128. The van der Waals surface area contributed by atoms with Gasteiger partial charge in [0.05, 0.1) is 0 Å². The number of nitrogens with two attached hydrogens (primary N) is 1. The van der Waals surface area contributed by atoms with E-state index in [1.807, 2.05) is 19.1 Å². The molecule has 0 bridgehead atoms. The van der Waals surface area contributed by atoms with Crippen molar-refractivity contribution in [2.24, 2.45) is 11.1 Å². The van der Waals surface area contributed by atoms with Gasteiger partial charge >= 0.3 is 0 Å². The summed E-state index contributed by atoms with van der Waals surface area (Å²) >= 11 is 0. The number of hydrogen-bond donors (Lipinski definition) is 1. The Hall–Kier alpha value is -0.930. The highest BCUT2D eigenvalue weighted by Crippen LogP contribution is 2.40. The summed E-state index contributed by atoms with van der Waals surface area (Å²) in [5, 5.41) is 0. The van der Waals surface area contributed by atoms with Crippen molar-refractivity contribution in [3.05, 3.63) is 35.1 Å². The molecule has 1 aliphatic heterocycles. The summed E-state index contributed by atoms with van der Waals surface area (Å²) in [6.07, 6.45) is 3.57. The van der Waals surface area contributed by atoms with Crippen LogP contribution in [0, 0.1) is 18.2 Å². The van der Waals surface area contributed by atoms with E-state index in [0.29, 0.717) is 12.0 Å². The SMILES string of the molecule is CCC1(CC)CCN(C(CN)c2cc(C)ccc2F)C1. The van der Waals surface area contributed by atoms with Crippen molar-refractivity contribution < 1.29 is 4.39 Å². The molecule has 0 amide bonds. The quantitative estimate of drug-likeness (QED) is 0.891. The van der Waals surface area contributed by atoms with E-state index in [4.69, 9.17) is 5.73 Å². The molecule has 112 valence electrons. The summed E-state index contributed by atoms with van der Waals surface area (Å²) < 4.78 is 14.1. The highest BCUT2D eigenvalue weighted by atomic mass is 19.1. The van der Waals surface area contributed by atoms with Crippen LogP contribution >= 0.6 is 0 Å². The van der Waals surface area contributed by atoms with Crippen LogP contribution in [0.15, 0.2) is 18.2 Å². The van der Waals surface area contributed by atoms with Gasteiger partial charge in [-0.1, -0.05) is 31.5 Å². The molecule has 0 saturated carbocycles. The molecule has 1 saturated heterocycles. The van der Waals surface area contributed by atoms with Gasteiger partial charge in [0, 0.05) is 24.7 Å². The largest absolute Gasteiger partial charge is 0.329 e. The van der Waals surface area contributed by atoms with E-state index < -0.39 is 0 Å². The van der Waals surface area contributed by atoms with E-state index in [1.54, 1.807) is 6.07 Å². The van der Waals surface area contributed by atoms with E-state index in [0.717, 1.165) is 24.2 Å². The van der Waals surface area contributed by atoms with Crippen LogP contribution in [0.25, 0.3) is 0 Å². The first-order valence-electron chi connectivity index (χ1n) is 7.75. The van der Waals surface area contributed by atoms with Gasteiger partial charge < -0.3 is 5.73 Å². The van der Waals surface area contributed by atoms with Crippen molar-refractivity contribution in [2.45, 2.75) is 46.1 Å². The monoisotopic (exact) mass is 278 g/mol. The molecule has 1 aliphatic rings. The average molecular weight is 278 g/mol. The van der Waals surface area contributed by atoms with Gasteiger partial charge in [-0.15, -0.1) is 0 Å². The summed E-state index contributed by atoms with van der Waals surface area (Å²) in [4.78, 5) is 2.38. The van der Waals surface area contributed by atoms with Crippen LogP contribution in [-0.4, -0.2) is 24.5 Å². The maximum atomic E-state index is 14.1. The topological polar surface area (TPSA) is 29.3 Å². The van der Waals surface area contributed by atoms with Crippen LogP contribution in [0.2, 0.25) is 0 Å². The predicted octanol–water partition coefficient (Wildman–Crippen LogP) is 3.65. The van der Waals surface area contributed by atoms with Crippen molar-refractivity contribution in [3.63, 3.8) is 0 Å². The maximum absolute atomic E-state index is 14.1. The lowest BCUT2D eigenvalue weighted by Gasteiger charge is -2.31. The molecular formula is C17H27FN2. The third-order valence-electron chi connectivity index (χ3n) is 5.14. The van der Waals surface area contributed by atoms with Gasteiger partial charge in [0.25, 0.3) is 0 Å². The van der Waals surface area contributed by atoms with E-state index in [2.05, 4.69) is 18.7 Å². The minimum absolute atomic E-state index is 0.00914. The molecule has 20 heavy (non-hydrogen) atoms. The highest BCUT2D eigenvalue weighted by molar-refractivity contribution is 5.27. The van der Waals surface area contributed by atoms with Crippen LogP contribution in [0.4, 0.5) is 4.39 Å². The van der Waals surface area contributed by atoms with Gasteiger partial charge in [-0.05, 0) is 44.2 Å². The Balaban J connectivity index is 2.23. The summed E-state index contributed by atoms with van der Waals surface area (Å²) in [5.74, 6) is -0.128. The van der Waals surface area contributed by atoms with E-state index in [9.17, 15) is 4.39 Å². The van der Waals surface area contributed by atoms with Gasteiger partial charge in [-0.2, -0.15) is 0 Å². The molecule has 1 atom stereocenters. The normalized spacial score (nSPS) is 20.2. The first-order chi connectivity index (χ1) is 9.55. The smallest absolute Gasteiger partial charge is 0.128 e. The van der Waals surface area contributed by atoms with Crippen LogP contribution < -0.4 is 5.73 Å². The van der Waals surface area contributed by atoms with Crippen LogP contribution in [0.5, 0.6) is 0 Å². The summed E-state index contributed by atoms with van der Waals surface area (Å²) in [5.41, 5.74) is 8.22. The lowest BCUT2D eigenvalue weighted by atomic mass is 9.82. The Morgan fingerprint density at radius 2 is 2.05 bits per heavy atom. The predicted molar refractivity (Wildman–Crippen MR) is 82.1 cm³/mol. The second-order valence-corrected chi connectivity index (χ2v) is 6.20. The fourth-order valence-corrected chi connectivity index (χ4v) is 3.45. The molecule has 1 aromatic carbocycles. The highest BCUT2D eigenvalue weighted by Gasteiger charge is 2.38. The maximum Gasteiger partial charge on any atom is 0.128 e. The molecule has 0 radical (unpaired) electrons. The number of aryl methyl sites for hydroxylation is 1. The second-order valence-electron chi connectivity index (χ2n) is 6.20. The van der Waals surface area contributed by atoms with Gasteiger partial charge in [0.15, 0.2) is 0 Å². The second kappa shape index (κ2) is 6.23. The Bertz CT molecular complexity index is 454. The Morgan fingerprint density at radius 1 is 1.35 bits per heavy atom. The van der Waals surface area contributed by atoms with Gasteiger partial charge in [-0.25, -0.2) is 4.39 Å². The molecule has 1 aromatic rings. The molecule has 0 spiro atoms. The molecule has 2 N–H and O–H groups in total. The molecule has 1 unspecified atom stereocenters. The molecular weight excluding hydrogens is 251 g/mol. The van der Waals surface area contributed by atoms with Crippen molar-refractivity contribution in [2.75, 3.05) is 19.6 Å². The number of nitrogens with zero attached hydrogens (tertiary/aromatic N) is 1. The number of benzene rings is 1. The van der Waals surface area contributed by atoms with Crippen LogP contribution in [-0.2, 0) is 0 Å². The van der Waals surface area contributed by atoms with Crippen molar-refractivity contribution >= 4 is 0 Å². The molecule has 2 nitrogen and oxygen atoms in total. The Labute approximate surface area is 122 Å². The first kappa shape index (κ1) is 15.5. The zero-order valence-electron chi connectivity index (χ0n) is 13.0. The van der Waals surface area contributed by atoms with Gasteiger partial charge in [0.2, 0.25) is 0 Å². The zero-order valence-corrected chi connectivity index (χ0v) is 13.0. The summed E-state index contributed by atoms with van der Waals surface area (Å²) in [6, 6.07) is 5.34. The minimum Gasteiger partial charge on any atom is -0.329 e. The number of rotatable bonds is 5. The average Bonchev–Trinajstić information content (AvgIpc) is 2.88. The molecule has 0 aromatic heterocycles. The van der Waals surface area contributed by atoms with Gasteiger partial charge in [-0.3, -0.25) is 4.90 Å². The number of likely N-dealkylation sites (tertiary alicyclic amines) is 1. The summed E-state index contributed by atoms with van der Waals surface area (Å²) in [6.45, 7) is 9.06. The number of hydrogen-bond acceptors (Lipinski definition) is 2. The first-order valence-corrected chi connectivity index (χ1v) is 7.75. The Kier molecular flexibility index (Phi) is 4.82. The van der Waals surface area contributed by atoms with Gasteiger partial charge in [0.1, 0.15) is 5.82 Å². The third kappa shape index (κ3) is 2.89. The van der Waals surface area contributed by atoms with Crippen molar-refractivity contribution in [1.82, 2.24) is 4.90 Å². The standard InChI is InChI=1S/C17H27FN2/c1-4-17(5-2)8-9-20(12-17)16(11-19)14-10-13(3)6-7-15(14)18/h6-7,10,16H,4-5,8-9,11-12,19H2,1-3H3. The van der Waals surface area contributed by atoms with E-state index in [1.165, 1.54) is 19.3 Å².